The number of carbonyl (C=O) groups is 2. The van der Waals surface area contributed by atoms with Crippen LogP contribution in [0.3, 0.4) is 0 Å². The molecule has 38 heavy (non-hydrogen) atoms. The van der Waals surface area contributed by atoms with Crippen LogP contribution in [0, 0.1) is 11.8 Å². The predicted molar refractivity (Wildman–Crippen MR) is 143 cm³/mol. The lowest BCUT2D eigenvalue weighted by molar-refractivity contribution is -0.146. The zero-order valence-electron chi connectivity index (χ0n) is 21.6. The van der Waals surface area contributed by atoms with Gasteiger partial charge in [-0.25, -0.2) is 4.68 Å². The molecule has 3 atom stereocenters. The number of carbonyl (C=O) groups excluding carboxylic acids is 2. The van der Waals surface area contributed by atoms with Gasteiger partial charge < -0.3 is 24.8 Å². The van der Waals surface area contributed by atoms with Crippen LogP contribution >= 0.6 is 11.6 Å². The van der Waals surface area contributed by atoms with Crippen LogP contribution in [0.4, 0.5) is 5.69 Å². The number of nitrogens with zero attached hydrogens (tertiary/aromatic N) is 3. The van der Waals surface area contributed by atoms with Crippen molar-refractivity contribution in [1.29, 1.82) is 0 Å². The Balaban J connectivity index is 1.18. The van der Waals surface area contributed by atoms with E-state index in [9.17, 15) is 9.59 Å². The molecular weight excluding hydrogens is 508 g/mol. The summed E-state index contributed by atoms with van der Waals surface area (Å²) in [6.07, 6.45) is 3.49. The van der Waals surface area contributed by atoms with E-state index in [-0.39, 0.29) is 23.9 Å². The lowest BCUT2D eigenvalue weighted by Crippen LogP contribution is -2.37. The van der Waals surface area contributed by atoms with Crippen molar-refractivity contribution in [2.24, 2.45) is 17.6 Å². The first-order chi connectivity index (χ1) is 18.2. The first-order valence-electron chi connectivity index (χ1n) is 12.7. The number of rotatable bonds is 10. The summed E-state index contributed by atoms with van der Waals surface area (Å²) in [6.45, 7) is 4.52. The van der Waals surface area contributed by atoms with Gasteiger partial charge in [0.1, 0.15) is 12.1 Å². The monoisotopic (exact) mass is 538 g/mol. The van der Waals surface area contributed by atoms with E-state index in [0.717, 1.165) is 17.7 Å². The van der Waals surface area contributed by atoms with Gasteiger partial charge in [0, 0.05) is 34.5 Å². The standard InChI is InChI=1S/C28H31ClN4O5/c1-16(2)25(30)28(35)37-11-10-17-12-23(17)38-22-9-8-21(13-24(22)36-3)32-14-18-15-33(31-26(18)27(32)34)20-6-4-19(29)5-7-20/h4-9,13,15-17,23,25H,10-12,14,30H2,1-3H3. The number of esters is 1. The fourth-order valence-corrected chi connectivity index (χ4v) is 4.57. The van der Waals surface area contributed by atoms with E-state index in [0.29, 0.717) is 53.4 Å². The van der Waals surface area contributed by atoms with Crippen molar-refractivity contribution in [2.75, 3.05) is 18.6 Å². The number of nitrogens with two attached hydrogens (primary N) is 1. The number of anilines is 1. The van der Waals surface area contributed by atoms with Crippen molar-refractivity contribution in [3.63, 3.8) is 0 Å². The molecule has 2 N–H and O–H groups in total. The average molecular weight is 539 g/mol. The number of hydrogen-bond donors (Lipinski definition) is 1. The number of aromatic nitrogens is 2. The number of halogens is 1. The van der Waals surface area contributed by atoms with Crippen LogP contribution in [-0.2, 0) is 16.1 Å². The lowest BCUT2D eigenvalue weighted by atomic mass is 10.1. The Labute approximate surface area is 226 Å². The molecule has 0 spiro atoms. The fourth-order valence-electron chi connectivity index (χ4n) is 4.44. The van der Waals surface area contributed by atoms with Gasteiger partial charge in [0.25, 0.3) is 5.91 Å². The molecule has 200 valence electrons. The summed E-state index contributed by atoms with van der Waals surface area (Å²) in [5.41, 5.74) is 8.64. The molecule has 0 bridgehead atoms. The van der Waals surface area contributed by atoms with Crippen molar-refractivity contribution in [3.05, 3.63) is 64.9 Å². The molecule has 2 aromatic carbocycles. The molecule has 0 radical (unpaired) electrons. The van der Waals surface area contributed by atoms with E-state index in [1.807, 2.05) is 44.3 Å². The second-order valence-electron chi connectivity index (χ2n) is 10.0. The Morgan fingerprint density at radius 1 is 1.16 bits per heavy atom. The molecule has 1 saturated carbocycles. The number of fused-ring (bicyclic) bond motifs is 1. The number of benzene rings is 2. The predicted octanol–water partition coefficient (Wildman–Crippen LogP) is 4.38. The van der Waals surface area contributed by atoms with Gasteiger partial charge in [0.05, 0.1) is 25.9 Å². The van der Waals surface area contributed by atoms with Gasteiger partial charge in [-0.1, -0.05) is 25.4 Å². The van der Waals surface area contributed by atoms with Gasteiger partial charge in [-0.05, 0) is 55.2 Å². The molecule has 9 nitrogen and oxygen atoms in total. The Morgan fingerprint density at radius 3 is 2.58 bits per heavy atom. The molecule has 1 fully saturated rings. The first kappa shape index (κ1) is 26.1. The second-order valence-corrected chi connectivity index (χ2v) is 10.5. The van der Waals surface area contributed by atoms with Crippen LogP contribution < -0.4 is 20.1 Å². The largest absolute Gasteiger partial charge is 0.493 e. The fraction of sp³-hybridized carbons (Fsp3) is 0.393. The van der Waals surface area contributed by atoms with Crippen LogP contribution in [0.1, 0.15) is 42.7 Å². The third-order valence-corrected chi connectivity index (χ3v) is 7.23. The Bertz CT molecular complexity index is 1340. The quantitative estimate of drug-likeness (QED) is 0.381. The van der Waals surface area contributed by atoms with Crippen LogP contribution in [0.15, 0.2) is 48.7 Å². The van der Waals surface area contributed by atoms with Crippen molar-refractivity contribution in [1.82, 2.24) is 9.78 Å². The first-order valence-corrected chi connectivity index (χ1v) is 13.1. The van der Waals surface area contributed by atoms with E-state index >= 15 is 0 Å². The molecule has 3 aromatic rings. The molecule has 2 heterocycles. The highest BCUT2D eigenvalue weighted by Crippen LogP contribution is 2.42. The minimum atomic E-state index is -0.600. The molecule has 3 unspecified atom stereocenters. The minimum absolute atomic E-state index is 0.0263. The number of amides is 1. The Hall–Kier alpha value is -3.56. The third kappa shape index (κ3) is 5.35. The highest BCUT2D eigenvalue weighted by atomic mass is 35.5. The molecule has 1 aliphatic carbocycles. The minimum Gasteiger partial charge on any atom is -0.493 e. The zero-order chi connectivity index (χ0) is 27.0. The summed E-state index contributed by atoms with van der Waals surface area (Å²) in [5, 5.41) is 5.15. The van der Waals surface area contributed by atoms with Crippen LogP contribution in [-0.4, -0.2) is 47.5 Å². The maximum Gasteiger partial charge on any atom is 0.323 e. The van der Waals surface area contributed by atoms with Gasteiger partial charge in [-0.3, -0.25) is 9.59 Å². The molecule has 0 saturated heterocycles. The maximum absolute atomic E-state index is 13.2. The van der Waals surface area contributed by atoms with E-state index in [4.69, 9.17) is 31.5 Å². The van der Waals surface area contributed by atoms with E-state index in [1.165, 1.54) is 0 Å². The van der Waals surface area contributed by atoms with Crippen molar-refractivity contribution < 1.29 is 23.8 Å². The average Bonchev–Trinajstić information content (AvgIpc) is 3.37. The SMILES string of the molecule is COc1cc(N2Cc3cn(-c4ccc(Cl)cc4)nc3C2=O)ccc1OC1CC1CCOC(=O)C(N)C(C)C. The maximum atomic E-state index is 13.2. The van der Waals surface area contributed by atoms with Gasteiger partial charge >= 0.3 is 5.97 Å². The summed E-state index contributed by atoms with van der Waals surface area (Å²) in [5.74, 6) is 0.966. The van der Waals surface area contributed by atoms with Crippen molar-refractivity contribution >= 4 is 29.2 Å². The second kappa shape index (κ2) is 10.7. The van der Waals surface area contributed by atoms with Crippen LogP contribution in [0.2, 0.25) is 5.02 Å². The highest BCUT2D eigenvalue weighted by Gasteiger charge is 2.40. The summed E-state index contributed by atoms with van der Waals surface area (Å²) in [6, 6.07) is 12.2. The molecule has 2 aliphatic rings. The van der Waals surface area contributed by atoms with Crippen molar-refractivity contribution in [2.45, 2.75) is 45.4 Å². The van der Waals surface area contributed by atoms with Gasteiger partial charge in [-0.15, -0.1) is 0 Å². The summed E-state index contributed by atoms with van der Waals surface area (Å²) >= 11 is 5.98. The lowest BCUT2D eigenvalue weighted by Gasteiger charge is -2.19. The molecule has 1 aliphatic heterocycles. The highest BCUT2D eigenvalue weighted by molar-refractivity contribution is 6.30. The summed E-state index contributed by atoms with van der Waals surface area (Å²) in [4.78, 5) is 26.7. The number of methoxy groups -OCH3 is 1. The summed E-state index contributed by atoms with van der Waals surface area (Å²) < 4.78 is 18.7. The number of hydrogen-bond acceptors (Lipinski definition) is 7. The van der Waals surface area contributed by atoms with E-state index < -0.39 is 6.04 Å². The Kier molecular flexibility index (Phi) is 7.32. The van der Waals surface area contributed by atoms with Crippen LogP contribution in [0.25, 0.3) is 5.69 Å². The Morgan fingerprint density at radius 2 is 1.89 bits per heavy atom. The molecular formula is C28H31ClN4O5. The van der Waals surface area contributed by atoms with Gasteiger partial charge in [-0.2, -0.15) is 5.10 Å². The summed E-state index contributed by atoms with van der Waals surface area (Å²) in [7, 11) is 1.57. The molecule has 5 rings (SSSR count). The molecule has 10 heteroatoms. The zero-order valence-corrected chi connectivity index (χ0v) is 22.4. The van der Waals surface area contributed by atoms with Gasteiger partial charge in [0.2, 0.25) is 0 Å². The third-order valence-electron chi connectivity index (χ3n) is 6.98. The van der Waals surface area contributed by atoms with E-state index in [1.54, 1.807) is 34.9 Å². The molecule has 1 amide bonds. The smallest absolute Gasteiger partial charge is 0.323 e. The normalized spacial score (nSPS) is 18.9. The van der Waals surface area contributed by atoms with Gasteiger partial charge in [0.15, 0.2) is 17.2 Å². The molecule has 1 aromatic heterocycles. The van der Waals surface area contributed by atoms with Crippen molar-refractivity contribution in [3.8, 4) is 17.2 Å². The topological polar surface area (TPSA) is 109 Å². The number of ether oxygens (including phenoxy) is 3. The van der Waals surface area contributed by atoms with E-state index in [2.05, 4.69) is 5.10 Å². The van der Waals surface area contributed by atoms with Crippen LogP contribution in [0.5, 0.6) is 11.5 Å².